The normalized spacial score (nSPS) is 23.6. The van der Waals surface area contributed by atoms with Gasteiger partial charge in [0.15, 0.2) is 0 Å². The maximum absolute atomic E-state index is 12.7. The number of carbonyl (C=O) groups excluding carboxylic acids is 1. The molecule has 2 heterocycles. The summed E-state index contributed by atoms with van der Waals surface area (Å²) in [5.41, 5.74) is 0. The first-order valence-electron chi connectivity index (χ1n) is 8.66. The van der Waals surface area contributed by atoms with Crippen LogP contribution in [-0.2, 0) is 14.8 Å². The van der Waals surface area contributed by atoms with Gasteiger partial charge >= 0.3 is 0 Å². The van der Waals surface area contributed by atoms with Crippen molar-refractivity contribution in [3.8, 4) is 0 Å². The molecule has 0 aromatic heterocycles. The smallest absolute Gasteiger partial charge is 0.243 e. The van der Waals surface area contributed by atoms with E-state index in [1.807, 2.05) is 11.8 Å². The topological polar surface area (TPSA) is 69.7 Å². The van der Waals surface area contributed by atoms with Crippen LogP contribution in [0.2, 0.25) is 5.02 Å². The Morgan fingerprint density at radius 2 is 1.80 bits per heavy atom. The van der Waals surface area contributed by atoms with Gasteiger partial charge in [-0.3, -0.25) is 4.79 Å². The van der Waals surface area contributed by atoms with E-state index in [0.29, 0.717) is 31.0 Å². The molecule has 1 atom stereocenters. The summed E-state index contributed by atoms with van der Waals surface area (Å²) in [5, 5.41) is 3.79. The molecule has 6 nitrogen and oxygen atoms in total. The zero-order chi connectivity index (χ0) is 18.0. The molecule has 3 rings (SSSR count). The number of piperazine rings is 1. The Morgan fingerprint density at radius 1 is 1.16 bits per heavy atom. The van der Waals surface area contributed by atoms with Crippen LogP contribution in [0, 0.1) is 5.92 Å². The predicted molar refractivity (Wildman–Crippen MR) is 97.0 cm³/mol. The van der Waals surface area contributed by atoms with Gasteiger partial charge in [0.1, 0.15) is 0 Å². The molecule has 1 aromatic rings. The predicted octanol–water partition coefficient (Wildman–Crippen LogP) is 1.56. The quantitative estimate of drug-likeness (QED) is 0.857. The Morgan fingerprint density at radius 3 is 2.40 bits per heavy atom. The molecule has 2 aliphatic heterocycles. The first kappa shape index (κ1) is 18.6. The highest BCUT2D eigenvalue weighted by atomic mass is 35.5. The maximum Gasteiger partial charge on any atom is 0.243 e. The summed E-state index contributed by atoms with van der Waals surface area (Å²) in [4.78, 5) is 14.9. The van der Waals surface area contributed by atoms with Crippen molar-refractivity contribution >= 4 is 27.5 Å². The van der Waals surface area contributed by atoms with Gasteiger partial charge in [-0.25, -0.2) is 8.42 Å². The molecular weight excluding hydrogens is 362 g/mol. The SMILES string of the molecule is C[C@H]1CNCCN1C(=O)C1CCN(S(=O)(=O)c2ccc(Cl)cc2)CC1. The number of rotatable bonds is 3. The van der Waals surface area contributed by atoms with Gasteiger partial charge in [-0.1, -0.05) is 11.6 Å². The summed E-state index contributed by atoms with van der Waals surface area (Å²) in [6.45, 7) is 5.16. The first-order valence-corrected chi connectivity index (χ1v) is 10.5. The highest BCUT2D eigenvalue weighted by Crippen LogP contribution is 2.26. The molecule has 1 N–H and O–H groups in total. The van der Waals surface area contributed by atoms with Crippen molar-refractivity contribution < 1.29 is 13.2 Å². The molecule has 2 fully saturated rings. The molecule has 2 aliphatic rings. The van der Waals surface area contributed by atoms with Crippen LogP contribution in [0.25, 0.3) is 0 Å². The fraction of sp³-hybridized carbons (Fsp3) is 0.588. The molecule has 25 heavy (non-hydrogen) atoms. The van der Waals surface area contributed by atoms with E-state index in [9.17, 15) is 13.2 Å². The van der Waals surface area contributed by atoms with Gasteiger partial charge < -0.3 is 10.2 Å². The third kappa shape index (κ3) is 4.00. The summed E-state index contributed by atoms with van der Waals surface area (Å²) < 4.78 is 26.9. The average Bonchev–Trinajstić information content (AvgIpc) is 2.62. The minimum absolute atomic E-state index is 0.0859. The molecule has 8 heteroatoms. The monoisotopic (exact) mass is 385 g/mol. The molecule has 0 bridgehead atoms. The molecule has 0 saturated carbocycles. The van der Waals surface area contributed by atoms with E-state index in [1.165, 1.54) is 16.4 Å². The second kappa shape index (κ2) is 7.61. The molecule has 1 aromatic carbocycles. The molecule has 1 amide bonds. The first-order chi connectivity index (χ1) is 11.9. The van der Waals surface area contributed by atoms with Crippen LogP contribution in [0.3, 0.4) is 0 Å². The zero-order valence-electron chi connectivity index (χ0n) is 14.3. The van der Waals surface area contributed by atoms with Crippen LogP contribution < -0.4 is 5.32 Å². The lowest BCUT2D eigenvalue weighted by atomic mass is 9.95. The van der Waals surface area contributed by atoms with Crippen molar-refractivity contribution in [2.75, 3.05) is 32.7 Å². The van der Waals surface area contributed by atoms with E-state index in [2.05, 4.69) is 5.32 Å². The van der Waals surface area contributed by atoms with E-state index in [4.69, 9.17) is 11.6 Å². The largest absolute Gasteiger partial charge is 0.337 e. The van der Waals surface area contributed by atoms with Crippen LogP contribution in [0.4, 0.5) is 0 Å². The minimum atomic E-state index is -3.52. The Bertz CT molecular complexity index is 715. The van der Waals surface area contributed by atoms with Gasteiger partial charge in [0, 0.05) is 49.7 Å². The zero-order valence-corrected chi connectivity index (χ0v) is 15.9. The summed E-state index contributed by atoms with van der Waals surface area (Å²) in [6.07, 6.45) is 1.14. The van der Waals surface area contributed by atoms with E-state index in [1.54, 1.807) is 12.1 Å². The summed E-state index contributed by atoms with van der Waals surface area (Å²) in [6, 6.07) is 6.40. The number of piperidine rings is 1. The van der Waals surface area contributed by atoms with E-state index in [-0.39, 0.29) is 22.8 Å². The van der Waals surface area contributed by atoms with Gasteiger partial charge in [-0.05, 0) is 44.0 Å². The highest BCUT2D eigenvalue weighted by molar-refractivity contribution is 7.89. The van der Waals surface area contributed by atoms with Gasteiger partial charge in [0.2, 0.25) is 15.9 Å². The number of amides is 1. The second-order valence-corrected chi connectivity index (χ2v) is 9.09. The molecule has 0 unspecified atom stereocenters. The van der Waals surface area contributed by atoms with Crippen LogP contribution in [-0.4, -0.2) is 62.3 Å². The van der Waals surface area contributed by atoms with Crippen LogP contribution in [0.1, 0.15) is 19.8 Å². The Kier molecular flexibility index (Phi) is 5.68. The van der Waals surface area contributed by atoms with Crippen molar-refractivity contribution in [1.29, 1.82) is 0 Å². The number of hydrogen-bond donors (Lipinski definition) is 1. The number of hydrogen-bond acceptors (Lipinski definition) is 4. The summed E-state index contributed by atoms with van der Waals surface area (Å²) >= 11 is 5.83. The number of nitrogens with zero attached hydrogens (tertiary/aromatic N) is 2. The van der Waals surface area contributed by atoms with Crippen molar-refractivity contribution in [2.24, 2.45) is 5.92 Å². The number of carbonyl (C=O) groups is 1. The lowest BCUT2D eigenvalue weighted by Gasteiger charge is -2.38. The fourth-order valence-electron chi connectivity index (χ4n) is 3.50. The van der Waals surface area contributed by atoms with Crippen molar-refractivity contribution in [3.05, 3.63) is 29.3 Å². The third-order valence-corrected chi connectivity index (χ3v) is 7.20. The summed E-state index contributed by atoms with van der Waals surface area (Å²) in [7, 11) is -3.52. The number of nitrogens with one attached hydrogen (secondary N) is 1. The van der Waals surface area contributed by atoms with Gasteiger partial charge in [-0.15, -0.1) is 0 Å². The highest BCUT2D eigenvalue weighted by Gasteiger charge is 2.35. The molecule has 0 radical (unpaired) electrons. The van der Waals surface area contributed by atoms with Crippen LogP contribution in [0.15, 0.2) is 29.2 Å². The second-order valence-electron chi connectivity index (χ2n) is 6.72. The lowest BCUT2D eigenvalue weighted by molar-refractivity contribution is -0.139. The van der Waals surface area contributed by atoms with E-state index < -0.39 is 10.0 Å². The number of sulfonamides is 1. The van der Waals surface area contributed by atoms with Crippen molar-refractivity contribution in [2.45, 2.75) is 30.7 Å². The standard InChI is InChI=1S/C17H24ClN3O3S/c1-13-12-19-8-11-21(13)17(22)14-6-9-20(10-7-14)25(23,24)16-4-2-15(18)3-5-16/h2-5,13-14,19H,6-12H2,1H3/t13-/m0/s1. The van der Waals surface area contributed by atoms with E-state index >= 15 is 0 Å². The van der Waals surface area contributed by atoms with E-state index in [0.717, 1.165) is 19.6 Å². The average molecular weight is 386 g/mol. The Hall–Kier alpha value is -1.15. The molecule has 0 aliphatic carbocycles. The maximum atomic E-state index is 12.7. The van der Waals surface area contributed by atoms with Gasteiger partial charge in [-0.2, -0.15) is 4.31 Å². The molecule has 2 saturated heterocycles. The molecular formula is C17H24ClN3O3S. The van der Waals surface area contributed by atoms with Crippen molar-refractivity contribution in [3.63, 3.8) is 0 Å². The third-order valence-electron chi connectivity index (χ3n) is 5.04. The number of benzene rings is 1. The van der Waals surface area contributed by atoms with Crippen LogP contribution in [0.5, 0.6) is 0 Å². The molecule has 0 spiro atoms. The lowest BCUT2D eigenvalue weighted by Crippen LogP contribution is -2.55. The Balaban J connectivity index is 1.63. The van der Waals surface area contributed by atoms with Gasteiger partial charge in [0.25, 0.3) is 0 Å². The fourth-order valence-corrected chi connectivity index (χ4v) is 5.10. The molecule has 138 valence electrons. The van der Waals surface area contributed by atoms with Crippen molar-refractivity contribution in [1.82, 2.24) is 14.5 Å². The Labute approximate surface area is 154 Å². The minimum Gasteiger partial charge on any atom is -0.337 e. The van der Waals surface area contributed by atoms with Crippen LogP contribution >= 0.6 is 11.6 Å². The summed E-state index contributed by atoms with van der Waals surface area (Å²) in [5.74, 6) is 0.0785. The number of halogens is 1. The van der Waals surface area contributed by atoms with Gasteiger partial charge in [0.05, 0.1) is 4.90 Å².